The van der Waals surface area contributed by atoms with Crippen molar-refractivity contribution in [3.8, 4) is 11.5 Å². The zero-order valence-electron chi connectivity index (χ0n) is 18.1. The minimum atomic E-state index is -0.0990. The van der Waals surface area contributed by atoms with Gasteiger partial charge in [-0.05, 0) is 48.0 Å². The highest BCUT2D eigenvalue weighted by molar-refractivity contribution is 8.23. The van der Waals surface area contributed by atoms with E-state index in [9.17, 15) is 4.79 Å². The molecule has 0 spiro atoms. The van der Waals surface area contributed by atoms with Crippen LogP contribution in [0.2, 0.25) is 0 Å². The first-order chi connectivity index (χ1) is 16.7. The van der Waals surface area contributed by atoms with Crippen molar-refractivity contribution in [3.05, 3.63) is 114 Å². The Morgan fingerprint density at radius 1 is 0.853 bits per heavy atom. The fraction of sp³-hybridized carbons (Fsp3) is 0.0714. The van der Waals surface area contributed by atoms with E-state index in [1.165, 1.54) is 11.8 Å². The van der Waals surface area contributed by atoms with E-state index < -0.39 is 0 Å². The molecular weight excluding hydrogens is 479 g/mol. The van der Waals surface area contributed by atoms with E-state index in [0.29, 0.717) is 16.3 Å². The van der Waals surface area contributed by atoms with E-state index in [1.807, 2.05) is 103 Å². The third-order valence-corrected chi connectivity index (χ3v) is 7.89. The molecule has 1 aliphatic heterocycles. The van der Waals surface area contributed by atoms with E-state index in [4.69, 9.17) is 17.0 Å². The lowest BCUT2D eigenvalue weighted by Gasteiger charge is -2.20. The summed E-state index contributed by atoms with van der Waals surface area (Å²) >= 11 is 8.75. The molecule has 0 aliphatic carbocycles. The number of anilines is 1. The van der Waals surface area contributed by atoms with Gasteiger partial charge in [0, 0.05) is 22.9 Å². The van der Waals surface area contributed by atoms with Crippen LogP contribution in [0.5, 0.6) is 11.5 Å². The maximum absolute atomic E-state index is 13.4. The number of thiocarbonyl (C=S) groups is 1. The van der Waals surface area contributed by atoms with Crippen molar-refractivity contribution < 1.29 is 9.53 Å². The van der Waals surface area contributed by atoms with Gasteiger partial charge in [-0.2, -0.15) is 0 Å². The summed E-state index contributed by atoms with van der Waals surface area (Å²) in [5, 5.41) is 3.17. The molecule has 0 bridgehead atoms. The SMILES string of the molecule is O=C(CC(SC(=S)Nc1ccccc1)c1ccccc1)c1ccc2c(c1)Sc1ccccc1O2. The lowest BCUT2D eigenvalue weighted by atomic mass is 10.0. The molecule has 0 radical (unpaired) electrons. The molecule has 5 rings (SSSR count). The van der Waals surface area contributed by atoms with Crippen LogP contribution in [-0.4, -0.2) is 10.1 Å². The molecule has 168 valence electrons. The van der Waals surface area contributed by atoms with Crippen LogP contribution in [0.25, 0.3) is 0 Å². The summed E-state index contributed by atoms with van der Waals surface area (Å²) in [6.07, 6.45) is 0.339. The summed E-state index contributed by atoms with van der Waals surface area (Å²) < 4.78 is 6.65. The molecule has 1 heterocycles. The number of hydrogen-bond donors (Lipinski definition) is 1. The Kier molecular flexibility index (Phi) is 7.00. The largest absolute Gasteiger partial charge is 0.455 e. The standard InChI is InChI=1S/C28H21NO2S3/c30-22(20-15-16-24-27(17-20)33-25-14-8-7-13-23(25)31-24)18-26(19-9-3-1-4-10-19)34-28(32)29-21-11-5-2-6-12-21/h1-17,26H,18H2,(H,29,32). The number of fused-ring (bicyclic) bond motifs is 2. The lowest BCUT2D eigenvalue weighted by Crippen LogP contribution is -2.11. The van der Waals surface area contributed by atoms with E-state index in [0.717, 1.165) is 32.5 Å². The van der Waals surface area contributed by atoms with Gasteiger partial charge in [0.05, 0.1) is 9.79 Å². The van der Waals surface area contributed by atoms with Gasteiger partial charge in [-0.1, -0.05) is 96.4 Å². The van der Waals surface area contributed by atoms with Crippen molar-refractivity contribution in [2.75, 3.05) is 5.32 Å². The fourth-order valence-electron chi connectivity index (χ4n) is 3.68. The zero-order chi connectivity index (χ0) is 23.3. The van der Waals surface area contributed by atoms with Gasteiger partial charge in [-0.3, -0.25) is 4.79 Å². The Balaban J connectivity index is 1.33. The molecule has 0 aromatic heterocycles. The number of carbonyl (C=O) groups excluding carboxylic acids is 1. The molecule has 34 heavy (non-hydrogen) atoms. The van der Waals surface area contributed by atoms with Crippen LogP contribution >= 0.6 is 35.7 Å². The fourth-order valence-corrected chi connectivity index (χ4v) is 6.10. The number of ketones is 1. The third-order valence-electron chi connectivity index (χ3n) is 5.37. The van der Waals surface area contributed by atoms with Gasteiger partial charge < -0.3 is 10.1 Å². The van der Waals surface area contributed by atoms with E-state index >= 15 is 0 Å². The lowest BCUT2D eigenvalue weighted by molar-refractivity contribution is 0.0982. The summed E-state index contributed by atoms with van der Waals surface area (Å²) in [6.45, 7) is 0. The summed E-state index contributed by atoms with van der Waals surface area (Å²) in [5.41, 5.74) is 2.69. The molecule has 3 nitrogen and oxygen atoms in total. The predicted octanol–water partition coefficient (Wildman–Crippen LogP) is 8.39. The van der Waals surface area contributed by atoms with Crippen LogP contribution in [-0.2, 0) is 0 Å². The van der Waals surface area contributed by atoms with E-state index in [1.54, 1.807) is 11.8 Å². The van der Waals surface area contributed by atoms with E-state index in [-0.39, 0.29) is 11.0 Å². The molecule has 0 saturated carbocycles. The summed E-state index contributed by atoms with van der Waals surface area (Å²) in [5.74, 6) is 1.70. The van der Waals surface area contributed by atoms with Gasteiger partial charge in [0.2, 0.25) is 0 Å². The molecule has 1 aliphatic rings. The number of Topliss-reactive ketones (excluding diaryl/α,β-unsaturated/α-hetero) is 1. The van der Waals surface area contributed by atoms with Gasteiger partial charge >= 0.3 is 0 Å². The van der Waals surface area contributed by atoms with Crippen molar-refractivity contribution >= 4 is 51.5 Å². The first-order valence-electron chi connectivity index (χ1n) is 10.9. The van der Waals surface area contributed by atoms with Crippen molar-refractivity contribution in [2.24, 2.45) is 0 Å². The highest BCUT2D eigenvalue weighted by Gasteiger charge is 2.23. The average molecular weight is 500 g/mol. The molecule has 0 amide bonds. The summed E-state index contributed by atoms with van der Waals surface area (Å²) in [6, 6.07) is 33.5. The second-order valence-electron chi connectivity index (χ2n) is 7.74. The predicted molar refractivity (Wildman–Crippen MR) is 145 cm³/mol. The summed E-state index contributed by atoms with van der Waals surface area (Å²) in [4.78, 5) is 15.4. The molecule has 0 fully saturated rings. The number of rotatable bonds is 6. The Labute approximate surface area is 212 Å². The number of benzene rings is 4. The number of carbonyl (C=O) groups is 1. The number of ether oxygens (including phenoxy) is 1. The number of thioether (sulfide) groups is 1. The summed E-state index contributed by atoms with van der Waals surface area (Å²) in [7, 11) is 0. The van der Waals surface area contributed by atoms with Crippen LogP contribution in [0.1, 0.15) is 27.6 Å². The first kappa shape index (κ1) is 22.7. The Bertz CT molecular complexity index is 1330. The minimum Gasteiger partial charge on any atom is -0.455 e. The van der Waals surface area contributed by atoms with E-state index in [2.05, 4.69) is 5.32 Å². The normalized spacial score (nSPS) is 12.6. The van der Waals surface area contributed by atoms with Crippen LogP contribution in [0.4, 0.5) is 5.69 Å². The number of para-hydroxylation sites is 2. The second-order valence-corrected chi connectivity index (χ2v) is 10.7. The quantitative estimate of drug-likeness (QED) is 0.187. The van der Waals surface area contributed by atoms with Crippen LogP contribution < -0.4 is 10.1 Å². The molecule has 4 aromatic carbocycles. The second kappa shape index (κ2) is 10.5. The maximum atomic E-state index is 13.4. The van der Waals surface area contributed by atoms with Gasteiger partial charge in [0.15, 0.2) is 5.78 Å². The Morgan fingerprint density at radius 2 is 1.53 bits per heavy atom. The average Bonchev–Trinajstić information content (AvgIpc) is 2.87. The molecule has 4 aromatic rings. The van der Waals surface area contributed by atoms with Gasteiger partial charge in [-0.15, -0.1) is 0 Å². The van der Waals surface area contributed by atoms with Crippen molar-refractivity contribution in [3.63, 3.8) is 0 Å². The van der Waals surface area contributed by atoms with Crippen LogP contribution in [0.15, 0.2) is 113 Å². The topological polar surface area (TPSA) is 38.3 Å². The molecular formula is C28H21NO2S3. The highest BCUT2D eigenvalue weighted by Crippen LogP contribution is 2.47. The Hall–Kier alpha value is -3.06. The first-order valence-corrected chi connectivity index (χ1v) is 13.0. The zero-order valence-corrected chi connectivity index (χ0v) is 20.6. The molecule has 1 unspecified atom stereocenters. The van der Waals surface area contributed by atoms with Crippen molar-refractivity contribution in [2.45, 2.75) is 21.5 Å². The molecule has 1 atom stereocenters. The molecule has 6 heteroatoms. The highest BCUT2D eigenvalue weighted by atomic mass is 32.2. The van der Waals surface area contributed by atoms with Crippen molar-refractivity contribution in [1.82, 2.24) is 0 Å². The maximum Gasteiger partial charge on any atom is 0.164 e. The number of nitrogens with one attached hydrogen (secondary N) is 1. The Morgan fingerprint density at radius 3 is 2.32 bits per heavy atom. The third kappa shape index (κ3) is 5.36. The number of hydrogen-bond acceptors (Lipinski definition) is 5. The monoisotopic (exact) mass is 499 g/mol. The minimum absolute atomic E-state index is 0.0751. The van der Waals surface area contributed by atoms with Crippen LogP contribution in [0, 0.1) is 0 Å². The van der Waals surface area contributed by atoms with Gasteiger partial charge in [0.1, 0.15) is 15.8 Å². The van der Waals surface area contributed by atoms with Gasteiger partial charge in [0.25, 0.3) is 0 Å². The van der Waals surface area contributed by atoms with Crippen molar-refractivity contribution in [1.29, 1.82) is 0 Å². The van der Waals surface area contributed by atoms with Gasteiger partial charge in [-0.25, -0.2) is 0 Å². The smallest absolute Gasteiger partial charge is 0.164 e. The molecule has 0 saturated heterocycles. The molecule has 1 N–H and O–H groups in total. The van der Waals surface area contributed by atoms with Crippen LogP contribution in [0.3, 0.4) is 0 Å².